The van der Waals surface area contributed by atoms with Gasteiger partial charge in [0.1, 0.15) is 11.6 Å². The number of amides is 3. The van der Waals surface area contributed by atoms with Gasteiger partial charge in [-0.3, -0.25) is 14.4 Å². The predicted molar refractivity (Wildman–Crippen MR) is 130 cm³/mol. The van der Waals surface area contributed by atoms with Crippen molar-refractivity contribution in [1.29, 1.82) is 0 Å². The zero-order valence-corrected chi connectivity index (χ0v) is 19.7. The third kappa shape index (κ3) is 7.68. The summed E-state index contributed by atoms with van der Waals surface area (Å²) < 4.78 is 19.2. The SMILES string of the molecule is O=C(COc1ccc(Br)cc1/C=N\NC(=O)C(=O)Nc1ccc(F)cc1)Nc1ccc(Cl)cc1. The minimum Gasteiger partial charge on any atom is -0.483 e. The maximum absolute atomic E-state index is 12.9. The van der Waals surface area contributed by atoms with E-state index in [4.69, 9.17) is 16.3 Å². The monoisotopic (exact) mass is 546 g/mol. The molecular weight excluding hydrogens is 531 g/mol. The summed E-state index contributed by atoms with van der Waals surface area (Å²) >= 11 is 9.15. The number of anilines is 2. The summed E-state index contributed by atoms with van der Waals surface area (Å²) in [4.78, 5) is 36.0. The Bertz CT molecular complexity index is 1220. The first kappa shape index (κ1) is 24.9. The number of hydrogen-bond acceptors (Lipinski definition) is 5. The van der Waals surface area contributed by atoms with Crippen molar-refractivity contribution < 1.29 is 23.5 Å². The lowest BCUT2D eigenvalue weighted by atomic mass is 10.2. The second-order valence-electron chi connectivity index (χ2n) is 6.69. The van der Waals surface area contributed by atoms with E-state index in [1.54, 1.807) is 42.5 Å². The number of carbonyl (C=O) groups is 3. The molecule has 0 atom stereocenters. The van der Waals surface area contributed by atoms with E-state index in [-0.39, 0.29) is 18.2 Å². The zero-order valence-electron chi connectivity index (χ0n) is 17.3. The minimum absolute atomic E-state index is 0.255. The van der Waals surface area contributed by atoms with Gasteiger partial charge in [0, 0.05) is 26.4 Å². The van der Waals surface area contributed by atoms with E-state index in [0.717, 1.165) is 12.1 Å². The summed E-state index contributed by atoms with van der Waals surface area (Å²) in [6.45, 7) is -0.280. The Morgan fingerprint density at radius 3 is 2.29 bits per heavy atom. The van der Waals surface area contributed by atoms with Gasteiger partial charge in [-0.25, -0.2) is 9.82 Å². The van der Waals surface area contributed by atoms with Crippen LogP contribution in [0.5, 0.6) is 5.75 Å². The van der Waals surface area contributed by atoms with Crippen LogP contribution in [0.1, 0.15) is 5.56 Å². The molecule has 34 heavy (non-hydrogen) atoms. The maximum Gasteiger partial charge on any atom is 0.329 e. The fourth-order valence-corrected chi connectivity index (χ4v) is 3.06. The summed E-state index contributed by atoms with van der Waals surface area (Å²) in [6, 6.07) is 16.5. The van der Waals surface area contributed by atoms with E-state index in [1.807, 2.05) is 0 Å². The summed E-state index contributed by atoms with van der Waals surface area (Å²) in [6.07, 6.45) is 1.26. The quantitative estimate of drug-likeness (QED) is 0.232. The van der Waals surface area contributed by atoms with Gasteiger partial charge in [-0.05, 0) is 66.7 Å². The van der Waals surface area contributed by atoms with E-state index in [1.165, 1.54) is 18.3 Å². The number of ether oxygens (including phenoxy) is 1. The molecular formula is C23H17BrClFN4O4. The number of nitrogens with one attached hydrogen (secondary N) is 3. The highest BCUT2D eigenvalue weighted by molar-refractivity contribution is 9.10. The molecule has 3 N–H and O–H groups in total. The van der Waals surface area contributed by atoms with Gasteiger partial charge in [0.05, 0.1) is 6.21 Å². The molecule has 0 aromatic heterocycles. The van der Waals surface area contributed by atoms with Gasteiger partial charge in [-0.1, -0.05) is 27.5 Å². The van der Waals surface area contributed by atoms with E-state index >= 15 is 0 Å². The van der Waals surface area contributed by atoms with Gasteiger partial charge in [0.15, 0.2) is 6.61 Å². The Hall–Kier alpha value is -3.76. The summed E-state index contributed by atoms with van der Waals surface area (Å²) in [5, 5.41) is 9.31. The third-order valence-electron chi connectivity index (χ3n) is 4.14. The molecule has 0 aliphatic carbocycles. The Labute approximate surface area is 207 Å². The van der Waals surface area contributed by atoms with Crippen LogP contribution in [0.15, 0.2) is 76.3 Å². The summed E-state index contributed by atoms with van der Waals surface area (Å²) in [5.74, 6) is -2.54. The molecule has 0 fully saturated rings. The number of hydrazone groups is 1. The second-order valence-corrected chi connectivity index (χ2v) is 8.04. The van der Waals surface area contributed by atoms with Crippen LogP contribution in [0, 0.1) is 5.82 Å². The number of carbonyl (C=O) groups excluding carboxylic acids is 3. The molecule has 0 aliphatic heterocycles. The van der Waals surface area contributed by atoms with Crippen molar-refractivity contribution in [2.75, 3.05) is 17.2 Å². The van der Waals surface area contributed by atoms with Gasteiger partial charge in [0.25, 0.3) is 5.91 Å². The number of hydrogen-bond donors (Lipinski definition) is 3. The van der Waals surface area contributed by atoms with Gasteiger partial charge >= 0.3 is 11.8 Å². The van der Waals surface area contributed by atoms with Crippen molar-refractivity contribution >= 4 is 62.8 Å². The lowest BCUT2D eigenvalue weighted by Gasteiger charge is -2.10. The standard InChI is InChI=1S/C23H17BrClFN4O4/c24-15-1-10-20(34-13-21(31)28-18-6-2-16(25)3-7-18)14(11-15)12-27-30-23(33)22(32)29-19-8-4-17(26)5-9-19/h1-12H,13H2,(H,28,31)(H,29,32)(H,30,33)/b27-12-. The van der Waals surface area contributed by atoms with Crippen molar-refractivity contribution in [3.63, 3.8) is 0 Å². The zero-order chi connectivity index (χ0) is 24.5. The Balaban J connectivity index is 1.56. The molecule has 0 aliphatic rings. The lowest BCUT2D eigenvalue weighted by Crippen LogP contribution is -2.32. The molecule has 3 aromatic carbocycles. The average Bonchev–Trinajstić information content (AvgIpc) is 2.81. The Morgan fingerprint density at radius 2 is 1.59 bits per heavy atom. The van der Waals surface area contributed by atoms with Crippen LogP contribution in [-0.4, -0.2) is 30.5 Å². The minimum atomic E-state index is -1.03. The first-order valence-electron chi connectivity index (χ1n) is 9.68. The highest BCUT2D eigenvalue weighted by Crippen LogP contribution is 2.22. The number of halogens is 3. The van der Waals surface area contributed by atoms with Crippen LogP contribution >= 0.6 is 27.5 Å². The van der Waals surface area contributed by atoms with Crippen molar-refractivity contribution in [2.45, 2.75) is 0 Å². The molecule has 11 heteroatoms. The molecule has 0 unspecified atom stereocenters. The highest BCUT2D eigenvalue weighted by atomic mass is 79.9. The molecule has 3 aromatic rings. The maximum atomic E-state index is 12.9. The molecule has 0 spiro atoms. The average molecular weight is 548 g/mol. The smallest absolute Gasteiger partial charge is 0.329 e. The first-order valence-corrected chi connectivity index (χ1v) is 10.8. The molecule has 0 saturated carbocycles. The fraction of sp³-hybridized carbons (Fsp3) is 0.0435. The van der Waals surface area contributed by atoms with Gasteiger partial charge < -0.3 is 15.4 Å². The number of rotatable bonds is 7. The highest BCUT2D eigenvalue weighted by Gasteiger charge is 2.13. The van der Waals surface area contributed by atoms with E-state index in [2.05, 4.69) is 37.1 Å². The van der Waals surface area contributed by atoms with Gasteiger partial charge in [-0.2, -0.15) is 5.10 Å². The molecule has 8 nitrogen and oxygen atoms in total. The van der Waals surface area contributed by atoms with Gasteiger partial charge in [-0.15, -0.1) is 0 Å². The first-order chi connectivity index (χ1) is 16.3. The van der Waals surface area contributed by atoms with Crippen molar-refractivity contribution in [3.8, 4) is 5.75 Å². The molecule has 0 radical (unpaired) electrons. The fourth-order valence-electron chi connectivity index (χ4n) is 2.56. The largest absolute Gasteiger partial charge is 0.483 e. The summed E-state index contributed by atoms with van der Waals surface area (Å²) in [7, 11) is 0. The molecule has 0 bridgehead atoms. The molecule has 0 saturated heterocycles. The number of nitrogens with zero attached hydrogens (tertiary/aromatic N) is 1. The van der Waals surface area contributed by atoms with Crippen molar-refractivity contribution in [2.24, 2.45) is 5.10 Å². The molecule has 3 amide bonds. The van der Waals surface area contributed by atoms with E-state index in [9.17, 15) is 18.8 Å². The second kappa shape index (κ2) is 11.9. The molecule has 3 rings (SSSR count). The van der Waals surface area contributed by atoms with Crippen LogP contribution in [-0.2, 0) is 14.4 Å². The van der Waals surface area contributed by atoms with Crippen molar-refractivity contribution in [1.82, 2.24) is 5.43 Å². The van der Waals surface area contributed by atoms with Crippen LogP contribution in [0.2, 0.25) is 5.02 Å². The Kier molecular flexibility index (Phi) is 8.72. The summed E-state index contributed by atoms with van der Waals surface area (Å²) in [5.41, 5.74) is 3.35. The Morgan fingerprint density at radius 1 is 0.941 bits per heavy atom. The molecule has 174 valence electrons. The van der Waals surface area contributed by atoms with Gasteiger partial charge in [0.2, 0.25) is 0 Å². The van der Waals surface area contributed by atoms with Crippen LogP contribution < -0.4 is 20.8 Å². The normalized spacial score (nSPS) is 10.6. The van der Waals surface area contributed by atoms with Crippen molar-refractivity contribution in [3.05, 3.63) is 87.6 Å². The van der Waals surface area contributed by atoms with Crippen LogP contribution in [0.4, 0.5) is 15.8 Å². The number of benzene rings is 3. The molecule has 0 heterocycles. The lowest BCUT2D eigenvalue weighted by molar-refractivity contribution is -0.136. The third-order valence-corrected chi connectivity index (χ3v) is 4.88. The van der Waals surface area contributed by atoms with E-state index < -0.39 is 17.6 Å². The van der Waals surface area contributed by atoms with E-state index in [0.29, 0.717) is 26.5 Å². The van der Waals surface area contributed by atoms with Crippen LogP contribution in [0.25, 0.3) is 0 Å². The van der Waals surface area contributed by atoms with Crippen LogP contribution in [0.3, 0.4) is 0 Å². The predicted octanol–water partition coefficient (Wildman–Crippen LogP) is 4.35. The topological polar surface area (TPSA) is 109 Å².